The summed E-state index contributed by atoms with van der Waals surface area (Å²) in [6.07, 6.45) is -0.170. The molecular formula is C15H15BrN2OS. The van der Waals surface area contributed by atoms with E-state index in [2.05, 4.69) is 22.0 Å². The molecule has 0 bridgehead atoms. The van der Waals surface area contributed by atoms with E-state index in [0.717, 1.165) is 26.2 Å². The van der Waals surface area contributed by atoms with Crippen molar-refractivity contribution in [3.8, 4) is 11.8 Å². The molecular weight excluding hydrogens is 336 g/mol. The van der Waals surface area contributed by atoms with E-state index in [9.17, 15) is 0 Å². The van der Waals surface area contributed by atoms with Crippen molar-refractivity contribution < 1.29 is 4.74 Å². The largest absolute Gasteiger partial charge is 0.483 e. The SMILES string of the molecule is Cc1cc(C#N)cc(C)c1OC(CN)c1cc(Br)cs1. The van der Waals surface area contributed by atoms with Crippen molar-refractivity contribution >= 4 is 27.3 Å². The molecule has 3 nitrogen and oxygen atoms in total. The molecule has 0 saturated carbocycles. The molecule has 0 amide bonds. The van der Waals surface area contributed by atoms with Gasteiger partial charge in [0, 0.05) is 21.3 Å². The highest BCUT2D eigenvalue weighted by Crippen LogP contribution is 2.32. The number of ether oxygens (including phenoxy) is 1. The van der Waals surface area contributed by atoms with Crippen LogP contribution in [-0.2, 0) is 0 Å². The third-order valence-electron chi connectivity index (χ3n) is 2.97. The smallest absolute Gasteiger partial charge is 0.145 e. The maximum absolute atomic E-state index is 8.97. The zero-order chi connectivity index (χ0) is 14.7. The quantitative estimate of drug-likeness (QED) is 0.903. The number of hydrogen-bond donors (Lipinski definition) is 1. The number of nitrogens with zero attached hydrogens (tertiary/aromatic N) is 1. The molecule has 1 atom stereocenters. The zero-order valence-corrected chi connectivity index (χ0v) is 13.7. The Morgan fingerprint density at radius 1 is 1.35 bits per heavy atom. The summed E-state index contributed by atoms with van der Waals surface area (Å²) in [6.45, 7) is 4.30. The number of nitriles is 1. The van der Waals surface area contributed by atoms with Gasteiger partial charge < -0.3 is 10.5 Å². The van der Waals surface area contributed by atoms with Crippen molar-refractivity contribution in [2.24, 2.45) is 5.73 Å². The first-order valence-electron chi connectivity index (χ1n) is 6.17. The van der Waals surface area contributed by atoms with Crippen LogP contribution in [0, 0.1) is 25.2 Å². The number of rotatable bonds is 4. The fourth-order valence-electron chi connectivity index (χ4n) is 2.06. The predicted octanol–water partition coefficient (Wildman–Crippen LogP) is 4.08. The van der Waals surface area contributed by atoms with Crippen LogP contribution in [0.15, 0.2) is 28.1 Å². The van der Waals surface area contributed by atoms with Gasteiger partial charge in [0.05, 0.1) is 11.6 Å². The molecule has 0 aliphatic carbocycles. The van der Waals surface area contributed by atoms with Crippen molar-refractivity contribution in [3.05, 3.63) is 49.6 Å². The third-order valence-corrected chi connectivity index (χ3v) is 4.75. The summed E-state index contributed by atoms with van der Waals surface area (Å²) < 4.78 is 7.11. The maximum atomic E-state index is 8.97. The highest BCUT2D eigenvalue weighted by Gasteiger charge is 2.16. The fraction of sp³-hybridized carbons (Fsp3) is 0.267. The lowest BCUT2D eigenvalue weighted by Gasteiger charge is -2.19. The fourth-order valence-corrected chi connectivity index (χ4v) is 3.55. The van der Waals surface area contributed by atoms with Crippen LogP contribution in [0.3, 0.4) is 0 Å². The summed E-state index contributed by atoms with van der Waals surface area (Å²) in [4.78, 5) is 1.09. The molecule has 0 aliphatic heterocycles. The molecule has 5 heteroatoms. The van der Waals surface area contributed by atoms with Gasteiger partial charge in [-0.3, -0.25) is 0 Å². The van der Waals surface area contributed by atoms with Gasteiger partial charge in [-0.1, -0.05) is 0 Å². The molecule has 1 unspecified atom stereocenters. The van der Waals surface area contributed by atoms with Crippen LogP contribution in [0.5, 0.6) is 5.75 Å². The Labute approximate surface area is 131 Å². The molecule has 104 valence electrons. The van der Waals surface area contributed by atoms with E-state index in [1.54, 1.807) is 11.3 Å². The average Bonchev–Trinajstić information content (AvgIpc) is 2.84. The number of aryl methyl sites for hydroxylation is 2. The lowest BCUT2D eigenvalue weighted by Crippen LogP contribution is -2.18. The van der Waals surface area contributed by atoms with Gasteiger partial charge >= 0.3 is 0 Å². The Bertz CT molecular complexity index is 637. The van der Waals surface area contributed by atoms with E-state index < -0.39 is 0 Å². The van der Waals surface area contributed by atoms with Crippen LogP contribution in [0.1, 0.15) is 27.7 Å². The third kappa shape index (κ3) is 3.21. The molecule has 2 N–H and O–H groups in total. The Morgan fingerprint density at radius 2 is 2.00 bits per heavy atom. The summed E-state index contributed by atoms with van der Waals surface area (Å²) in [5.74, 6) is 0.809. The maximum Gasteiger partial charge on any atom is 0.145 e. The number of halogens is 1. The minimum absolute atomic E-state index is 0.170. The summed E-state index contributed by atoms with van der Waals surface area (Å²) in [5, 5.41) is 11.0. The first-order chi connectivity index (χ1) is 9.55. The molecule has 0 spiro atoms. The van der Waals surface area contributed by atoms with Crippen LogP contribution in [0.4, 0.5) is 0 Å². The van der Waals surface area contributed by atoms with Crippen molar-refractivity contribution in [1.29, 1.82) is 5.26 Å². The normalized spacial score (nSPS) is 11.9. The van der Waals surface area contributed by atoms with Crippen LogP contribution >= 0.6 is 27.3 Å². The Hall–Kier alpha value is -1.35. The highest BCUT2D eigenvalue weighted by atomic mass is 79.9. The minimum atomic E-state index is -0.170. The molecule has 1 heterocycles. The van der Waals surface area contributed by atoms with E-state index in [4.69, 9.17) is 15.7 Å². The van der Waals surface area contributed by atoms with Gasteiger partial charge in [-0.15, -0.1) is 11.3 Å². The van der Waals surface area contributed by atoms with Crippen LogP contribution in [0.2, 0.25) is 0 Å². The van der Waals surface area contributed by atoms with E-state index >= 15 is 0 Å². The van der Waals surface area contributed by atoms with Gasteiger partial charge in [-0.05, 0) is 59.1 Å². The summed E-state index contributed by atoms with van der Waals surface area (Å²) in [6, 6.07) is 7.85. The molecule has 1 aromatic heterocycles. The van der Waals surface area contributed by atoms with Gasteiger partial charge in [0.1, 0.15) is 11.9 Å². The zero-order valence-electron chi connectivity index (χ0n) is 11.3. The Kier molecular flexibility index (Phi) is 4.81. The molecule has 0 radical (unpaired) electrons. The topological polar surface area (TPSA) is 59.0 Å². The first-order valence-corrected chi connectivity index (χ1v) is 7.84. The van der Waals surface area contributed by atoms with Crippen LogP contribution in [-0.4, -0.2) is 6.54 Å². The van der Waals surface area contributed by atoms with Crippen molar-refractivity contribution in [3.63, 3.8) is 0 Å². The van der Waals surface area contributed by atoms with Gasteiger partial charge in [0.15, 0.2) is 0 Å². The van der Waals surface area contributed by atoms with E-state index in [1.165, 1.54) is 0 Å². The second kappa shape index (κ2) is 6.40. The molecule has 0 fully saturated rings. The summed E-state index contributed by atoms with van der Waals surface area (Å²) in [7, 11) is 0. The molecule has 0 aliphatic rings. The van der Waals surface area contributed by atoms with Gasteiger partial charge in [-0.25, -0.2) is 0 Å². The van der Waals surface area contributed by atoms with Crippen molar-refractivity contribution in [2.75, 3.05) is 6.54 Å². The lowest BCUT2D eigenvalue weighted by atomic mass is 10.1. The first kappa shape index (κ1) is 15.0. The number of benzene rings is 1. The number of nitrogens with two attached hydrogens (primary N) is 1. The minimum Gasteiger partial charge on any atom is -0.483 e. The highest BCUT2D eigenvalue weighted by molar-refractivity contribution is 9.10. The van der Waals surface area contributed by atoms with Gasteiger partial charge in [0.2, 0.25) is 0 Å². The van der Waals surface area contributed by atoms with Crippen molar-refractivity contribution in [2.45, 2.75) is 20.0 Å². The van der Waals surface area contributed by atoms with Crippen LogP contribution in [0.25, 0.3) is 0 Å². The van der Waals surface area contributed by atoms with Crippen molar-refractivity contribution in [1.82, 2.24) is 0 Å². The number of thiophene rings is 1. The van der Waals surface area contributed by atoms with Gasteiger partial charge in [-0.2, -0.15) is 5.26 Å². The van der Waals surface area contributed by atoms with E-state index in [0.29, 0.717) is 12.1 Å². The van der Waals surface area contributed by atoms with E-state index in [-0.39, 0.29) is 6.10 Å². The monoisotopic (exact) mass is 350 g/mol. The molecule has 20 heavy (non-hydrogen) atoms. The summed E-state index contributed by atoms with van der Waals surface area (Å²) >= 11 is 5.06. The molecule has 1 aromatic carbocycles. The standard InChI is InChI=1S/C15H15BrN2OS/c1-9-3-11(6-17)4-10(2)15(9)19-13(7-18)14-5-12(16)8-20-14/h3-5,8,13H,7,18H2,1-2H3. The number of hydrogen-bond acceptors (Lipinski definition) is 4. The van der Waals surface area contributed by atoms with Crippen LogP contribution < -0.4 is 10.5 Å². The van der Waals surface area contributed by atoms with Gasteiger partial charge in [0.25, 0.3) is 0 Å². The van der Waals surface area contributed by atoms with E-state index in [1.807, 2.05) is 37.4 Å². The Morgan fingerprint density at radius 3 is 2.45 bits per heavy atom. The summed E-state index contributed by atoms with van der Waals surface area (Å²) in [5.41, 5.74) is 8.39. The molecule has 2 rings (SSSR count). The second-order valence-electron chi connectivity index (χ2n) is 4.56. The average molecular weight is 351 g/mol. The Balaban J connectivity index is 2.31. The predicted molar refractivity (Wildman–Crippen MR) is 85.1 cm³/mol. The molecule has 2 aromatic rings. The lowest BCUT2D eigenvalue weighted by molar-refractivity contribution is 0.215. The second-order valence-corrected chi connectivity index (χ2v) is 6.42. The molecule has 0 saturated heterocycles.